The van der Waals surface area contributed by atoms with Crippen LogP contribution in [-0.4, -0.2) is 58.4 Å². The number of rotatable bonds is 6. The van der Waals surface area contributed by atoms with Gasteiger partial charge in [-0.05, 0) is 31.4 Å². The van der Waals surface area contributed by atoms with E-state index in [1.54, 1.807) is 13.1 Å². The van der Waals surface area contributed by atoms with Crippen molar-refractivity contribution in [3.8, 4) is 0 Å². The number of anilines is 1. The lowest BCUT2D eigenvalue weighted by Crippen LogP contribution is -2.46. The molecule has 0 aromatic heterocycles. The fraction of sp³-hybridized carbons (Fsp3) is 0.588. The van der Waals surface area contributed by atoms with Crippen LogP contribution in [0.25, 0.3) is 0 Å². The van der Waals surface area contributed by atoms with E-state index in [9.17, 15) is 8.42 Å². The molecule has 8 heteroatoms. The molecule has 1 aromatic rings. The van der Waals surface area contributed by atoms with Gasteiger partial charge in [-0.3, -0.25) is 9.71 Å². The summed E-state index contributed by atoms with van der Waals surface area (Å²) in [5.74, 6) is 0.823. The molecular formula is C17H28N4O3S. The minimum absolute atomic E-state index is 0.332. The molecule has 0 unspecified atom stereocenters. The molecule has 25 heavy (non-hydrogen) atoms. The first kappa shape index (κ1) is 19.5. The SMILES string of the molecule is CCOC1CCN(C(=NC)NCc2ccccc2NS(C)(=O)=O)CC1. The van der Waals surface area contributed by atoms with Gasteiger partial charge in [-0.2, -0.15) is 0 Å². The first-order valence-corrected chi connectivity index (χ1v) is 10.4. The van der Waals surface area contributed by atoms with Crippen LogP contribution >= 0.6 is 0 Å². The number of ether oxygens (including phenoxy) is 1. The molecule has 2 rings (SSSR count). The van der Waals surface area contributed by atoms with Gasteiger partial charge in [0.05, 0.1) is 18.0 Å². The molecule has 0 radical (unpaired) electrons. The van der Waals surface area contributed by atoms with Crippen LogP contribution in [0.5, 0.6) is 0 Å². The number of sulfonamides is 1. The molecule has 140 valence electrons. The number of nitrogens with zero attached hydrogens (tertiary/aromatic N) is 2. The van der Waals surface area contributed by atoms with Gasteiger partial charge in [0, 0.05) is 33.3 Å². The summed E-state index contributed by atoms with van der Waals surface area (Å²) in [6.45, 7) is 5.06. The van der Waals surface area contributed by atoms with Crippen molar-refractivity contribution in [1.29, 1.82) is 0 Å². The quantitative estimate of drug-likeness (QED) is 0.589. The van der Waals surface area contributed by atoms with Crippen LogP contribution in [0.4, 0.5) is 5.69 Å². The van der Waals surface area contributed by atoms with Gasteiger partial charge in [0.15, 0.2) is 5.96 Å². The molecule has 1 heterocycles. The van der Waals surface area contributed by atoms with Crippen LogP contribution in [0.1, 0.15) is 25.3 Å². The highest BCUT2D eigenvalue weighted by Gasteiger charge is 2.21. The highest BCUT2D eigenvalue weighted by atomic mass is 32.2. The van der Waals surface area contributed by atoms with E-state index >= 15 is 0 Å². The van der Waals surface area contributed by atoms with Gasteiger partial charge in [0.2, 0.25) is 10.0 Å². The molecular weight excluding hydrogens is 340 g/mol. The van der Waals surface area contributed by atoms with Gasteiger partial charge in [-0.25, -0.2) is 8.42 Å². The van der Waals surface area contributed by atoms with Crippen molar-refractivity contribution in [2.45, 2.75) is 32.4 Å². The first-order chi connectivity index (χ1) is 11.9. The minimum Gasteiger partial charge on any atom is -0.378 e. The second kappa shape index (κ2) is 9.05. The lowest BCUT2D eigenvalue weighted by molar-refractivity contribution is 0.0263. The highest BCUT2D eigenvalue weighted by molar-refractivity contribution is 7.92. The smallest absolute Gasteiger partial charge is 0.229 e. The number of aliphatic imine (C=N–C) groups is 1. The maximum absolute atomic E-state index is 11.5. The Kier molecular flexibility index (Phi) is 7.07. The predicted octanol–water partition coefficient (Wildman–Crippen LogP) is 1.63. The molecule has 0 saturated carbocycles. The molecule has 0 aliphatic carbocycles. The molecule has 1 aliphatic heterocycles. The largest absolute Gasteiger partial charge is 0.378 e. The molecule has 0 bridgehead atoms. The summed E-state index contributed by atoms with van der Waals surface area (Å²) < 4.78 is 31.2. The third kappa shape index (κ3) is 6.21. The Balaban J connectivity index is 1.96. The van der Waals surface area contributed by atoms with Gasteiger partial charge >= 0.3 is 0 Å². The average molecular weight is 369 g/mol. The van der Waals surface area contributed by atoms with Crippen LogP contribution in [0.15, 0.2) is 29.3 Å². The van der Waals surface area contributed by atoms with Crippen molar-refractivity contribution in [3.05, 3.63) is 29.8 Å². The zero-order valence-corrected chi connectivity index (χ0v) is 16.0. The molecule has 7 nitrogen and oxygen atoms in total. The van der Waals surface area contributed by atoms with E-state index in [1.165, 1.54) is 0 Å². The average Bonchev–Trinajstić information content (AvgIpc) is 2.57. The Bertz CT molecular complexity index is 683. The molecule has 1 aromatic carbocycles. The summed E-state index contributed by atoms with van der Waals surface area (Å²) in [6, 6.07) is 7.36. The van der Waals surface area contributed by atoms with Crippen molar-refractivity contribution < 1.29 is 13.2 Å². The summed E-state index contributed by atoms with van der Waals surface area (Å²) in [7, 11) is -1.55. The lowest BCUT2D eigenvalue weighted by Gasteiger charge is -2.34. The van der Waals surface area contributed by atoms with Gasteiger partial charge in [0.25, 0.3) is 0 Å². The van der Waals surface area contributed by atoms with E-state index in [1.807, 2.05) is 25.1 Å². The van der Waals surface area contributed by atoms with E-state index in [0.717, 1.165) is 50.3 Å². The molecule has 0 atom stereocenters. The molecule has 1 aliphatic rings. The van der Waals surface area contributed by atoms with E-state index in [-0.39, 0.29) is 0 Å². The molecule has 0 spiro atoms. The van der Waals surface area contributed by atoms with E-state index in [2.05, 4.69) is 19.9 Å². The predicted molar refractivity (Wildman–Crippen MR) is 101 cm³/mol. The highest BCUT2D eigenvalue weighted by Crippen LogP contribution is 2.17. The Morgan fingerprint density at radius 3 is 2.60 bits per heavy atom. The molecule has 1 saturated heterocycles. The van der Waals surface area contributed by atoms with E-state index < -0.39 is 10.0 Å². The molecule has 1 fully saturated rings. The third-order valence-electron chi connectivity index (χ3n) is 4.11. The lowest BCUT2D eigenvalue weighted by atomic mass is 10.1. The van der Waals surface area contributed by atoms with Crippen molar-refractivity contribution >= 4 is 21.7 Å². The molecule has 2 N–H and O–H groups in total. The van der Waals surface area contributed by atoms with Gasteiger partial charge in [0.1, 0.15) is 0 Å². The number of hydrogen-bond donors (Lipinski definition) is 2. The minimum atomic E-state index is -3.31. The Labute approximate surface area is 150 Å². The summed E-state index contributed by atoms with van der Waals surface area (Å²) in [4.78, 5) is 6.56. The monoisotopic (exact) mass is 368 g/mol. The number of guanidine groups is 1. The van der Waals surface area contributed by atoms with Crippen molar-refractivity contribution in [1.82, 2.24) is 10.2 Å². The number of piperidine rings is 1. The van der Waals surface area contributed by atoms with E-state index in [0.29, 0.717) is 18.3 Å². The Morgan fingerprint density at radius 2 is 2.00 bits per heavy atom. The van der Waals surface area contributed by atoms with Crippen LogP contribution in [0, 0.1) is 0 Å². The Hall–Kier alpha value is -1.80. The first-order valence-electron chi connectivity index (χ1n) is 8.56. The van der Waals surface area contributed by atoms with Gasteiger partial charge in [-0.1, -0.05) is 18.2 Å². The maximum atomic E-state index is 11.5. The van der Waals surface area contributed by atoms with Crippen molar-refractivity contribution in [3.63, 3.8) is 0 Å². The fourth-order valence-corrected chi connectivity index (χ4v) is 3.55. The Morgan fingerprint density at radius 1 is 1.32 bits per heavy atom. The van der Waals surface area contributed by atoms with Crippen molar-refractivity contribution in [2.24, 2.45) is 4.99 Å². The number of para-hydroxylation sites is 1. The standard InChI is InChI=1S/C17H28N4O3S/c1-4-24-15-9-11-21(12-10-15)17(18-2)19-13-14-7-5-6-8-16(14)20-25(3,22)23/h5-8,15,20H,4,9-13H2,1-3H3,(H,18,19). The summed E-state index contributed by atoms with van der Waals surface area (Å²) in [5, 5.41) is 3.33. The van der Waals surface area contributed by atoms with Crippen LogP contribution in [0.2, 0.25) is 0 Å². The normalized spacial score (nSPS) is 16.8. The number of likely N-dealkylation sites (tertiary alicyclic amines) is 1. The zero-order valence-electron chi connectivity index (χ0n) is 15.2. The van der Waals surface area contributed by atoms with Crippen LogP contribution in [-0.2, 0) is 21.3 Å². The second-order valence-corrected chi connectivity index (χ2v) is 7.82. The number of hydrogen-bond acceptors (Lipinski definition) is 4. The van der Waals surface area contributed by atoms with E-state index in [4.69, 9.17) is 4.74 Å². The fourth-order valence-electron chi connectivity index (χ4n) is 2.95. The second-order valence-electron chi connectivity index (χ2n) is 6.07. The van der Waals surface area contributed by atoms with Gasteiger partial charge in [-0.15, -0.1) is 0 Å². The summed E-state index contributed by atoms with van der Waals surface area (Å²) >= 11 is 0. The number of benzene rings is 1. The zero-order chi connectivity index (χ0) is 18.3. The maximum Gasteiger partial charge on any atom is 0.229 e. The van der Waals surface area contributed by atoms with Crippen LogP contribution < -0.4 is 10.0 Å². The summed E-state index contributed by atoms with van der Waals surface area (Å²) in [6.07, 6.45) is 3.46. The van der Waals surface area contributed by atoms with Gasteiger partial charge < -0.3 is 15.0 Å². The van der Waals surface area contributed by atoms with Crippen molar-refractivity contribution in [2.75, 3.05) is 37.7 Å². The topological polar surface area (TPSA) is 83.0 Å². The third-order valence-corrected chi connectivity index (χ3v) is 4.70. The molecule has 0 amide bonds. The number of nitrogens with one attached hydrogen (secondary N) is 2. The summed E-state index contributed by atoms with van der Waals surface area (Å²) in [5.41, 5.74) is 1.46. The van der Waals surface area contributed by atoms with Crippen LogP contribution in [0.3, 0.4) is 0 Å².